The van der Waals surface area contributed by atoms with E-state index in [0.29, 0.717) is 16.1 Å². The van der Waals surface area contributed by atoms with E-state index in [2.05, 4.69) is 5.32 Å². The number of hydrogen-bond donors (Lipinski definition) is 1. The molecule has 34 heavy (non-hydrogen) atoms. The van der Waals surface area contributed by atoms with Crippen LogP contribution in [0.3, 0.4) is 0 Å². The summed E-state index contributed by atoms with van der Waals surface area (Å²) in [6, 6.07) is 18.8. The van der Waals surface area contributed by atoms with Crippen molar-refractivity contribution in [3.8, 4) is 5.69 Å². The zero-order valence-electron chi connectivity index (χ0n) is 18.8. The molecule has 0 fully saturated rings. The molecule has 0 bridgehead atoms. The standard InChI is InChI=1S/C25H22N4O4S/c1-15-9-8-10-16(2)22(15)28-24(31)18-11-4-5-12-19(18)27-25(28)34-17(3)23(30)26-20-13-6-7-14-21(20)29(32)33/h4-14,17H,1-3H3,(H,26,30). The normalized spacial score (nSPS) is 11.9. The number of aryl methyl sites for hydroxylation is 2. The fraction of sp³-hybridized carbons (Fsp3) is 0.160. The van der Waals surface area contributed by atoms with E-state index in [1.165, 1.54) is 18.2 Å². The number of nitro benzene ring substituents is 1. The summed E-state index contributed by atoms with van der Waals surface area (Å²) in [6.45, 7) is 5.51. The van der Waals surface area contributed by atoms with Gasteiger partial charge >= 0.3 is 0 Å². The van der Waals surface area contributed by atoms with Gasteiger partial charge in [0.05, 0.1) is 26.8 Å². The third-order valence-corrected chi connectivity index (χ3v) is 6.47. The molecule has 4 aromatic rings. The predicted octanol–water partition coefficient (Wildman–Crippen LogP) is 5.03. The van der Waals surface area contributed by atoms with Gasteiger partial charge < -0.3 is 5.32 Å². The van der Waals surface area contributed by atoms with Gasteiger partial charge in [-0.3, -0.25) is 24.3 Å². The lowest BCUT2D eigenvalue weighted by atomic mass is 10.1. The predicted molar refractivity (Wildman–Crippen MR) is 134 cm³/mol. The van der Waals surface area contributed by atoms with Gasteiger partial charge in [0.25, 0.3) is 11.2 Å². The van der Waals surface area contributed by atoms with Crippen molar-refractivity contribution in [3.05, 3.63) is 98.3 Å². The maximum Gasteiger partial charge on any atom is 0.292 e. The Bertz CT molecular complexity index is 1460. The van der Waals surface area contributed by atoms with Crippen LogP contribution in [0.4, 0.5) is 11.4 Å². The maximum atomic E-state index is 13.6. The van der Waals surface area contributed by atoms with Crippen LogP contribution in [0.2, 0.25) is 0 Å². The van der Waals surface area contributed by atoms with Crippen LogP contribution in [0.15, 0.2) is 76.7 Å². The molecule has 9 heteroatoms. The molecule has 1 atom stereocenters. The third-order valence-electron chi connectivity index (χ3n) is 5.42. The molecule has 0 saturated carbocycles. The Morgan fingerprint density at radius 2 is 1.68 bits per heavy atom. The number of carbonyl (C=O) groups excluding carboxylic acids is 1. The average Bonchev–Trinajstić information content (AvgIpc) is 2.81. The lowest BCUT2D eigenvalue weighted by Crippen LogP contribution is -2.27. The highest BCUT2D eigenvalue weighted by Crippen LogP contribution is 2.29. The molecule has 0 aliphatic rings. The maximum absolute atomic E-state index is 13.6. The van der Waals surface area contributed by atoms with E-state index in [-0.39, 0.29) is 16.9 Å². The first-order valence-corrected chi connectivity index (χ1v) is 11.4. The molecule has 0 aliphatic heterocycles. The van der Waals surface area contributed by atoms with Crippen LogP contribution in [0.1, 0.15) is 18.1 Å². The van der Waals surface area contributed by atoms with Crippen LogP contribution in [-0.4, -0.2) is 25.6 Å². The van der Waals surface area contributed by atoms with Gasteiger partial charge in [-0.1, -0.05) is 54.2 Å². The lowest BCUT2D eigenvalue weighted by Gasteiger charge is -2.19. The number of thioether (sulfide) groups is 1. The molecule has 1 unspecified atom stereocenters. The molecule has 0 radical (unpaired) electrons. The van der Waals surface area contributed by atoms with Crippen molar-refractivity contribution < 1.29 is 9.72 Å². The summed E-state index contributed by atoms with van der Waals surface area (Å²) < 4.78 is 1.55. The fourth-order valence-electron chi connectivity index (χ4n) is 3.73. The third kappa shape index (κ3) is 4.42. The molecular weight excluding hydrogens is 452 g/mol. The number of nitrogens with zero attached hydrogens (tertiary/aromatic N) is 3. The topological polar surface area (TPSA) is 107 Å². The van der Waals surface area contributed by atoms with Gasteiger partial charge in [0.2, 0.25) is 5.91 Å². The van der Waals surface area contributed by atoms with Crippen molar-refractivity contribution >= 4 is 39.9 Å². The van der Waals surface area contributed by atoms with Gasteiger partial charge in [-0.2, -0.15) is 0 Å². The van der Waals surface area contributed by atoms with Crippen LogP contribution in [0, 0.1) is 24.0 Å². The van der Waals surface area contributed by atoms with Crippen LogP contribution in [-0.2, 0) is 4.79 Å². The minimum absolute atomic E-state index is 0.114. The Hall–Kier alpha value is -3.98. The summed E-state index contributed by atoms with van der Waals surface area (Å²) in [7, 11) is 0. The van der Waals surface area contributed by atoms with E-state index in [1.807, 2.05) is 32.0 Å². The van der Waals surface area contributed by atoms with Gasteiger partial charge in [0.1, 0.15) is 5.69 Å². The van der Waals surface area contributed by atoms with E-state index in [1.54, 1.807) is 41.8 Å². The average molecular weight is 475 g/mol. The van der Waals surface area contributed by atoms with E-state index in [0.717, 1.165) is 28.6 Å². The highest BCUT2D eigenvalue weighted by atomic mass is 32.2. The Balaban J connectivity index is 1.77. The number of hydrogen-bond acceptors (Lipinski definition) is 6. The second kappa shape index (κ2) is 9.48. The van der Waals surface area contributed by atoms with Crippen molar-refractivity contribution in [1.29, 1.82) is 0 Å². The first-order valence-electron chi connectivity index (χ1n) is 10.6. The summed E-state index contributed by atoms with van der Waals surface area (Å²) in [4.78, 5) is 42.0. The highest BCUT2D eigenvalue weighted by molar-refractivity contribution is 8.00. The van der Waals surface area contributed by atoms with Crippen molar-refractivity contribution in [2.45, 2.75) is 31.2 Å². The second-order valence-electron chi connectivity index (χ2n) is 7.82. The molecule has 1 heterocycles. The first-order chi connectivity index (χ1) is 16.3. The molecule has 8 nitrogen and oxygen atoms in total. The Morgan fingerprint density at radius 3 is 2.38 bits per heavy atom. The van der Waals surface area contributed by atoms with Gasteiger partial charge in [0.15, 0.2) is 5.16 Å². The zero-order valence-corrected chi connectivity index (χ0v) is 19.6. The van der Waals surface area contributed by atoms with Gasteiger partial charge in [0, 0.05) is 6.07 Å². The molecule has 1 N–H and O–H groups in total. The van der Waals surface area contributed by atoms with E-state index < -0.39 is 16.1 Å². The number of nitro groups is 1. The van der Waals surface area contributed by atoms with Crippen molar-refractivity contribution in [3.63, 3.8) is 0 Å². The summed E-state index contributed by atoms with van der Waals surface area (Å²) in [5.74, 6) is -0.435. The molecule has 1 aromatic heterocycles. The summed E-state index contributed by atoms with van der Waals surface area (Å²) in [6.07, 6.45) is 0. The molecule has 0 saturated heterocycles. The number of fused-ring (bicyclic) bond motifs is 1. The highest BCUT2D eigenvalue weighted by Gasteiger charge is 2.23. The molecule has 0 aliphatic carbocycles. The number of amides is 1. The SMILES string of the molecule is Cc1cccc(C)c1-n1c(SC(C)C(=O)Nc2ccccc2[N+](=O)[O-])nc2ccccc2c1=O. The Labute approximate surface area is 199 Å². The molecule has 1 amide bonds. The number of rotatable bonds is 6. The van der Waals surface area contributed by atoms with Crippen LogP contribution < -0.4 is 10.9 Å². The Morgan fingerprint density at radius 1 is 1.03 bits per heavy atom. The molecular formula is C25H22N4O4S. The largest absolute Gasteiger partial charge is 0.319 e. The zero-order chi connectivity index (χ0) is 24.4. The number of benzene rings is 3. The second-order valence-corrected chi connectivity index (χ2v) is 9.12. The smallest absolute Gasteiger partial charge is 0.292 e. The number of aromatic nitrogens is 2. The van der Waals surface area contributed by atoms with E-state index in [4.69, 9.17) is 4.98 Å². The van der Waals surface area contributed by atoms with E-state index >= 15 is 0 Å². The monoisotopic (exact) mass is 474 g/mol. The lowest BCUT2D eigenvalue weighted by molar-refractivity contribution is -0.383. The quantitative estimate of drug-likeness (QED) is 0.182. The van der Waals surface area contributed by atoms with E-state index in [9.17, 15) is 19.7 Å². The van der Waals surface area contributed by atoms with Crippen molar-refractivity contribution in [2.24, 2.45) is 0 Å². The number of para-hydroxylation sites is 4. The first kappa shape index (κ1) is 23.2. The molecule has 3 aromatic carbocycles. The van der Waals surface area contributed by atoms with Gasteiger partial charge in [-0.05, 0) is 50.1 Å². The number of nitrogens with one attached hydrogen (secondary N) is 1. The Kier molecular flexibility index (Phi) is 6.47. The van der Waals surface area contributed by atoms with Crippen LogP contribution in [0.5, 0.6) is 0 Å². The number of carbonyl (C=O) groups is 1. The number of anilines is 1. The van der Waals surface area contributed by atoms with Crippen LogP contribution in [0.25, 0.3) is 16.6 Å². The minimum Gasteiger partial charge on any atom is -0.319 e. The summed E-state index contributed by atoms with van der Waals surface area (Å²) in [5.41, 5.74) is 2.75. The van der Waals surface area contributed by atoms with Gasteiger partial charge in [-0.15, -0.1) is 0 Å². The molecule has 172 valence electrons. The van der Waals surface area contributed by atoms with Crippen molar-refractivity contribution in [1.82, 2.24) is 9.55 Å². The van der Waals surface area contributed by atoms with Crippen molar-refractivity contribution in [2.75, 3.05) is 5.32 Å². The fourth-order valence-corrected chi connectivity index (χ4v) is 4.64. The summed E-state index contributed by atoms with van der Waals surface area (Å²) >= 11 is 1.12. The van der Waals surface area contributed by atoms with Gasteiger partial charge in [-0.25, -0.2) is 4.98 Å². The summed E-state index contributed by atoms with van der Waals surface area (Å²) in [5, 5.41) is 14.1. The molecule has 4 rings (SSSR count). The molecule has 0 spiro atoms. The minimum atomic E-state index is -0.691. The van der Waals surface area contributed by atoms with Crippen LogP contribution >= 0.6 is 11.8 Å².